The van der Waals surface area contributed by atoms with Gasteiger partial charge in [-0.3, -0.25) is 0 Å². The molecule has 0 fully saturated rings. The Labute approximate surface area is 131 Å². The van der Waals surface area contributed by atoms with Crippen molar-refractivity contribution in [2.24, 2.45) is 16.6 Å². The van der Waals surface area contributed by atoms with E-state index < -0.39 is 0 Å². The van der Waals surface area contributed by atoms with E-state index in [1.807, 2.05) is 20.8 Å². The molecule has 0 saturated carbocycles. The third-order valence-electron chi connectivity index (χ3n) is 2.19. The van der Waals surface area contributed by atoms with Crippen LogP contribution in [0.2, 0.25) is 0 Å². The highest BCUT2D eigenvalue weighted by Crippen LogP contribution is 2.19. The highest BCUT2D eigenvalue weighted by Gasteiger charge is 2.21. The second-order valence-electron chi connectivity index (χ2n) is 5.74. The molecule has 0 atom stereocenters. The van der Waals surface area contributed by atoms with Gasteiger partial charge in [-0.25, -0.2) is 4.99 Å². The molecule has 0 saturated heterocycles. The van der Waals surface area contributed by atoms with Gasteiger partial charge in [-0.15, -0.1) is 24.0 Å². The molecule has 1 rings (SSSR count). The lowest BCUT2D eigenvalue weighted by atomic mass is 9.97. The molecular weight excluding hydrogens is 357 g/mol. The van der Waals surface area contributed by atoms with Crippen LogP contribution in [0.15, 0.2) is 9.52 Å². The van der Waals surface area contributed by atoms with Crippen molar-refractivity contribution in [2.75, 3.05) is 6.54 Å². The molecule has 1 aromatic rings. The predicted octanol–water partition coefficient (Wildman–Crippen LogP) is 2.05. The van der Waals surface area contributed by atoms with Gasteiger partial charge in [-0.2, -0.15) is 4.98 Å². The number of guanidine groups is 1. The van der Waals surface area contributed by atoms with Crippen LogP contribution in [0.3, 0.4) is 0 Å². The van der Waals surface area contributed by atoms with Crippen molar-refractivity contribution in [2.45, 2.75) is 46.6 Å². The van der Waals surface area contributed by atoms with Gasteiger partial charge in [-0.05, 0) is 5.92 Å². The quantitative estimate of drug-likeness (QED) is 0.473. The summed E-state index contributed by atoms with van der Waals surface area (Å²) in [6, 6.07) is 0. The molecule has 19 heavy (non-hydrogen) atoms. The maximum atomic E-state index is 5.72. The molecule has 3 N–H and O–H groups in total. The van der Waals surface area contributed by atoms with Gasteiger partial charge in [0.2, 0.25) is 5.89 Å². The summed E-state index contributed by atoms with van der Waals surface area (Å²) in [6.07, 6.45) is 0. The van der Waals surface area contributed by atoms with Crippen LogP contribution in [0, 0.1) is 5.92 Å². The van der Waals surface area contributed by atoms with E-state index in [9.17, 15) is 0 Å². The monoisotopic (exact) mass is 381 g/mol. The largest absolute Gasteiger partial charge is 0.370 e. The fourth-order valence-electron chi connectivity index (χ4n) is 1.14. The Hall–Kier alpha value is -0.860. The van der Waals surface area contributed by atoms with Crippen molar-refractivity contribution in [3.05, 3.63) is 11.7 Å². The summed E-state index contributed by atoms with van der Waals surface area (Å²) in [4.78, 5) is 8.44. The average molecular weight is 381 g/mol. The zero-order chi connectivity index (χ0) is 13.8. The van der Waals surface area contributed by atoms with Crippen molar-refractivity contribution >= 4 is 29.9 Å². The minimum atomic E-state index is -0.142. The van der Waals surface area contributed by atoms with Crippen LogP contribution in [0.5, 0.6) is 0 Å². The summed E-state index contributed by atoms with van der Waals surface area (Å²) >= 11 is 0. The first kappa shape index (κ1) is 18.1. The molecule has 7 heteroatoms. The van der Waals surface area contributed by atoms with Crippen LogP contribution in [-0.2, 0) is 12.0 Å². The van der Waals surface area contributed by atoms with E-state index >= 15 is 0 Å². The van der Waals surface area contributed by atoms with Crippen molar-refractivity contribution in [3.63, 3.8) is 0 Å². The summed E-state index contributed by atoms with van der Waals surface area (Å²) in [6.45, 7) is 11.4. The smallest absolute Gasteiger partial charge is 0.232 e. The van der Waals surface area contributed by atoms with Gasteiger partial charge in [0.05, 0.1) is 0 Å². The Morgan fingerprint density at radius 3 is 2.53 bits per heavy atom. The lowest BCUT2D eigenvalue weighted by molar-refractivity contribution is 0.318. The SMILES string of the molecule is CC(C)CNC(N)=NCc1noc(C(C)(C)C)n1.I. The summed E-state index contributed by atoms with van der Waals surface area (Å²) < 4.78 is 5.17. The first-order valence-corrected chi connectivity index (χ1v) is 6.16. The van der Waals surface area contributed by atoms with E-state index in [1.165, 1.54) is 0 Å². The fraction of sp³-hybridized carbons (Fsp3) is 0.750. The maximum absolute atomic E-state index is 5.72. The predicted molar refractivity (Wildman–Crippen MR) is 86.6 cm³/mol. The number of rotatable bonds is 4. The Morgan fingerprint density at radius 1 is 1.42 bits per heavy atom. The first-order chi connectivity index (χ1) is 8.29. The molecule has 0 unspecified atom stereocenters. The average Bonchev–Trinajstić information content (AvgIpc) is 2.71. The number of nitrogens with two attached hydrogens (primary N) is 1. The van der Waals surface area contributed by atoms with Gasteiger partial charge in [0, 0.05) is 12.0 Å². The summed E-state index contributed by atoms with van der Waals surface area (Å²) in [5.41, 5.74) is 5.57. The molecule has 0 radical (unpaired) electrons. The van der Waals surface area contributed by atoms with Crippen molar-refractivity contribution < 1.29 is 4.52 Å². The van der Waals surface area contributed by atoms with Gasteiger partial charge >= 0.3 is 0 Å². The molecule has 1 heterocycles. The Balaban J connectivity index is 0.00000324. The zero-order valence-corrected chi connectivity index (χ0v) is 14.6. The van der Waals surface area contributed by atoms with Gasteiger partial charge < -0.3 is 15.6 Å². The second-order valence-corrected chi connectivity index (χ2v) is 5.74. The fourth-order valence-corrected chi connectivity index (χ4v) is 1.14. The Morgan fingerprint density at radius 2 is 2.05 bits per heavy atom. The van der Waals surface area contributed by atoms with Crippen molar-refractivity contribution in [3.8, 4) is 0 Å². The molecule has 6 nitrogen and oxygen atoms in total. The first-order valence-electron chi connectivity index (χ1n) is 6.16. The van der Waals surface area contributed by atoms with Crippen LogP contribution >= 0.6 is 24.0 Å². The minimum absolute atomic E-state index is 0. The highest BCUT2D eigenvalue weighted by molar-refractivity contribution is 14.0. The van der Waals surface area contributed by atoms with E-state index in [4.69, 9.17) is 10.3 Å². The molecular formula is C12H24IN5O. The number of aromatic nitrogens is 2. The van der Waals surface area contributed by atoms with Gasteiger partial charge in [0.15, 0.2) is 11.8 Å². The van der Waals surface area contributed by atoms with E-state index in [2.05, 4.69) is 34.3 Å². The summed E-state index contributed by atoms with van der Waals surface area (Å²) in [5.74, 6) is 2.10. The molecule has 110 valence electrons. The third kappa shape index (κ3) is 6.74. The van der Waals surface area contributed by atoms with E-state index in [0.29, 0.717) is 30.1 Å². The third-order valence-corrected chi connectivity index (χ3v) is 2.19. The Kier molecular flexibility index (Phi) is 7.32. The summed E-state index contributed by atoms with van der Waals surface area (Å²) in [7, 11) is 0. The topological polar surface area (TPSA) is 89.3 Å². The molecule has 0 bridgehead atoms. The lowest BCUT2D eigenvalue weighted by Crippen LogP contribution is -2.34. The van der Waals surface area contributed by atoms with Crippen LogP contribution in [0.25, 0.3) is 0 Å². The van der Waals surface area contributed by atoms with E-state index in [-0.39, 0.29) is 29.4 Å². The van der Waals surface area contributed by atoms with Crippen molar-refractivity contribution in [1.29, 1.82) is 0 Å². The minimum Gasteiger partial charge on any atom is -0.370 e. The molecule has 0 aromatic carbocycles. The number of nitrogens with zero attached hydrogens (tertiary/aromatic N) is 3. The summed E-state index contributed by atoms with van der Waals surface area (Å²) in [5, 5.41) is 6.90. The number of aliphatic imine (C=N–C) groups is 1. The van der Waals surface area contributed by atoms with Gasteiger partial charge in [-0.1, -0.05) is 39.8 Å². The molecule has 0 aliphatic carbocycles. The van der Waals surface area contributed by atoms with Gasteiger partial charge in [0.1, 0.15) is 6.54 Å². The van der Waals surface area contributed by atoms with Crippen molar-refractivity contribution in [1.82, 2.24) is 15.5 Å². The number of nitrogens with one attached hydrogen (secondary N) is 1. The standard InChI is InChI=1S/C12H23N5O.HI/c1-8(2)6-14-11(13)15-7-9-16-10(18-17-9)12(3,4)5;/h8H,6-7H2,1-5H3,(H3,13,14,15);1H. The van der Waals surface area contributed by atoms with Crippen LogP contribution in [0.1, 0.15) is 46.3 Å². The van der Waals surface area contributed by atoms with Gasteiger partial charge in [0.25, 0.3) is 0 Å². The van der Waals surface area contributed by atoms with Crippen LogP contribution in [-0.4, -0.2) is 22.6 Å². The second kappa shape index (κ2) is 7.66. The molecule has 1 aromatic heterocycles. The number of hydrogen-bond acceptors (Lipinski definition) is 4. The zero-order valence-electron chi connectivity index (χ0n) is 12.2. The molecule has 0 amide bonds. The van der Waals surface area contributed by atoms with Crippen LogP contribution < -0.4 is 11.1 Å². The van der Waals surface area contributed by atoms with Crippen LogP contribution in [0.4, 0.5) is 0 Å². The number of halogens is 1. The number of hydrogen-bond donors (Lipinski definition) is 2. The molecule has 0 spiro atoms. The van der Waals surface area contributed by atoms with E-state index in [0.717, 1.165) is 6.54 Å². The molecule has 0 aliphatic heterocycles. The maximum Gasteiger partial charge on any atom is 0.232 e. The normalized spacial score (nSPS) is 12.4. The highest BCUT2D eigenvalue weighted by atomic mass is 127. The Bertz CT molecular complexity index is 408. The van der Waals surface area contributed by atoms with E-state index in [1.54, 1.807) is 0 Å². The molecule has 0 aliphatic rings. The lowest BCUT2D eigenvalue weighted by Gasteiger charge is -2.10.